The van der Waals surface area contributed by atoms with E-state index in [-0.39, 0.29) is 0 Å². The summed E-state index contributed by atoms with van der Waals surface area (Å²) in [5.74, 6) is 0.579. The van der Waals surface area contributed by atoms with Crippen molar-refractivity contribution in [3.63, 3.8) is 0 Å². The first-order chi connectivity index (χ1) is 25.5. The molecule has 0 radical (unpaired) electrons. The van der Waals surface area contributed by atoms with Crippen LogP contribution in [0.3, 0.4) is 0 Å². The van der Waals surface area contributed by atoms with E-state index in [2.05, 4.69) is 63.5 Å². The number of rotatable bonds is 6. The van der Waals surface area contributed by atoms with Gasteiger partial charge in [0.25, 0.3) is 0 Å². The number of hydrogen-bond donors (Lipinski definition) is 0. The van der Waals surface area contributed by atoms with Crippen molar-refractivity contribution >= 4 is 61.3 Å². The summed E-state index contributed by atoms with van der Waals surface area (Å²) < 4.78 is 6.03. The smallest absolute Gasteiger partial charge is 0.227 e. The summed E-state index contributed by atoms with van der Waals surface area (Å²) in [6.45, 7) is 0. The van der Waals surface area contributed by atoms with Crippen molar-refractivity contribution in [2.45, 2.75) is 0 Å². The van der Waals surface area contributed by atoms with Gasteiger partial charge in [0.1, 0.15) is 38.6 Å². The number of hydrogen-bond acceptors (Lipinski definition) is 9. The van der Waals surface area contributed by atoms with Crippen LogP contribution in [-0.4, -0.2) is 50.0 Å². The fraction of sp³-hybridized carbons (Fsp3) is 0.0750. The second-order valence-electron chi connectivity index (χ2n) is 12.6. The number of nitrogens with zero attached hydrogens (tertiary/aromatic N) is 11. The average Bonchev–Trinajstić information content (AvgIpc) is 3.96. The molecule has 4 aromatic heterocycles. The predicted molar refractivity (Wildman–Crippen MR) is 201 cm³/mol. The summed E-state index contributed by atoms with van der Waals surface area (Å²) in [4.78, 5) is 11.7. The molecule has 0 amide bonds. The zero-order valence-corrected chi connectivity index (χ0v) is 28.4. The van der Waals surface area contributed by atoms with Crippen LogP contribution >= 0.6 is 0 Å². The summed E-state index contributed by atoms with van der Waals surface area (Å²) in [6, 6.07) is 40.6. The molecule has 6 aromatic carbocycles. The summed E-state index contributed by atoms with van der Waals surface area (Å²) in [5, 5.41) is 29.1. The Bertz CT molecular complexity index is 2920. The third kappa shape index (κ3) is 4.72. The van der Waals surface area contributed by atoms with Gasteiger partial charge in [0.05, 0.1) is 17.1 Å². The van der Waals surface area contributed by atoms with E-state index < -0.39 is 0 Å². The lowest BCUT2D eigenvalue weighted by Gasteiger charge is -2.26. The zero-order valence-electron chi connectivity index (χ0n) is 28.4. The molecule has 0 bridgehead atoms. The largest absolute Gasteiger partial charge is 0.436 e. The molecule has 12 heteroatoms. The van der Waals surface area contributed by atoms with E-state index in [1.165, 1.54) is 0 Å². The number of benzene rings is 6. The standard InChI is InChI=1S/C40H29N11O/c1-48-42-30-13-9-14-31(37(30)45-48)51(32-22-20-27(24-10-5-4-6-11-24)35-38(32)46-49(2)43-35)33-23-21-28(36-39(33)47-50(3)44-36)25-16-18-26(19-17-25)40-41-29-12-7-8-15-34(29)52-40/h4-23H,1-3H3. The minimum atomic E-state index is 0.579. The van der Waals surface area contributed by atoms with Gasteiger partial charge in [-0.3, -0.25) is 0 Å². The van der Waals surface area contributed by atoms with Crippen molar-refractivity contribution in [2.75, 3.05) is 4.90 Å². The van der Waals surface area contributed by atoms with Crippen molar-refractivity contribution in [1.82, 2.24) is 50.0 Å². The normalized spacial score (nSPS) is 11.8. The Hall–Kier alpha value is -7.21. The molecular weight excluding hydrogens is 651 g/mol. The first-order valence-electron chi connectivity index (χ1n) is 16.8. The molecule has 4 heterocycles. The van der Waals surface area contributed by atoms with E-state index in [1.54, 1.807) is 14.4 Å². The predicted octanol–water partition coefficient (Wildman–Crippen LogP) is 8.14. The zero-order chi connectivity index (χ0) is 34.9. The molecule has 0 saturated carbocycles. The molecule has 0 aliphatic heterocycles. The number of aromatic nitrogens is 10. The van der Waals surface area contributed by atoms with Crippen LogP contribution in [0.15, 0.2) is 126 Å². The van der Waals surface area contributed by atoms with Crippen LogP contribution in [0.2, 0.25) is 0 Å². The molecule has 0 unspecified atom stereocenters. The van der Waals surface area contributed by atoms with Crippen LogP contribution < -0.4 is 4.90 Å². The van der Waals surface area contributed by atoms with Crippen LogP contribution in [0, 0.1) is 0 Å². The van der Waals surface area contributed by atoms with E-state index in [0.29, 0.717) is 11.4 Å². The Labute approximate surface area is 296 Å². The molecule has 250 valence electrons. The van der Waals surface area contributed by atoms with Crippen molar-refractivity contribution in [3.05, 3.63) is 121 Å². The van der Waals surface area contributed by atoms with Gasteiger partial charge in [-0.05, 0) is 71.8 Å². The lowest BCUT2D eigenvalue weighted by molar-refractivity contribution is 0.620. The number of oxazole rings is 1. The molecule has 0 fully saturated rings. The number of para-hydroxylation sites is 2. The summed E-state index contributed by atoms with van der Waals surface area (Å²) in [7, 11) is 5.51. The van der Waals surface area contributed by atoms with E-state index >= 15 is 0 Å². The minimum Gasteiger partial charge on any atom is -0.436 e. The van der Waals surface area contributed by atoms with Gasteiger partial charge >= 0.3 is 0 Å². The highest BCUT2D eigenvalue weighted by atomic mass is 16.3. The number of aryl methyl sites for hydroxylation is 3. The Balaban J connectivity index is 1.17. The summed E-state index contributed by atoms with van der Waals surface area (Å²) in [6.07, 6.45) is 0. The number of anilines is 3. The maximum absolute atomic E-state index is 6.03. The molecule has 10 aromatic rings. The lowest BCUT2D eigenvalue weighted by atomic mass is 10.00. The highest BCUT2D eigenvalue weighted by Gasteiger charge is 2.27. The van der Waals surface area contributed by atoms with Crippen LogP contribution in [0.5, 0.6) is 0 Å². The van der Waals surface area contributed by atoms with Crippen LogP contribution in [0.4, 0.5) is 17.1 Å². The van der Waals surface area contributed by atoms with Gasteiger partial charge in [0.2, 0.25) is 5.89 Å². The van der Waals surface area contributed by atoms with Crippen molar-refractivity contribution in [2.24, 2.45) is 21.1 Å². The molecule has 0 aliphatic rings. The molecule has 10 rings (SSSR count). The summed E-state index contributed by atoms with van der Waals surface area (Å²) >= 11 is 0. The molecule has 0 spiro atoms. The van der Waals surface area contributed by atoms with Gasteiger partial charge in [0.15, 0.2) is 5.58 Å². The monoisotopic (exact) mass is 679 g/mol. The fourth-order valence-corrected chi connectivity index (χ4v) is 6.99. The van der Waals surface area contributed by atoms with E-state index in [1.807, 2.05) is 93.9 Å². The maximum Gasteiger partial charge on any atom is 0.227 e. The molecule has 0 saturated heterocycles. The molecule has 0 N–H and O–H groups in total. The Morgan fingerprint density at radius 3 is 1.62 bits per heavy atom. The van der Waals surface area contributed by atoms with Crippen LogP contribution in [-0.2, 0) is 21.1 Å². The Morgan fingerprint density at radius 2 is 0.942 bits per heavy atom. The van der Waals surface area contributed by atoms with Gasteiger partial charge in [-0.1, -0.05) is 60.7 Å². The Kier molecular flexibility index (Phi) is 6.52. The van der Waals surface area contributed by atoms with E-state index in [9.17, 15) is 0 Å². The van der Waals surface area contributed by atoms with Crippen LogP contribution in [0.1, 0.15) is 0 Å². The van der Waals surface area contributed by atoms with Gasteiger partial charge in [0, 0.05) is 37.8 Å². The van der Waals surface area contributed by atoms with Gasteiger partial charge in [-0.2, -0.15) is 45.0 Å². The third-order valence-electron chi connectivity index (χ3n) is 9.27. The topological polar surface area (TPSA) is 121 Å². The highest BCUT2D eigenvalue weighted by molar-refractivity contribution is 6.09. The van der Waals surface area contributed by atoms with Gasteiger partial charge < -0.3 is 9.32 Å². The van der Waals surface area contributed by atoms with Crippen molar-refractivity contribution in [3.8, 4) is 33.7 Å². The number of fused-ring (bicyclic) bond motifs is 4. The van der Waals surface area contributed by atoms with Crippen LogP contribution in [0.25, 0.3) is 77.9 Å². The average molecular weight is 680 g/mol. The second kappa shape index (κ2) is 11.4. The minimum absolute atomic E-state index is 0.579. The van der Waals surface area contributed by atoms with E-state index in [0.717, 1.165) is 83.6 Å². The fourth-order valence-electron chi connectivity index (χ4n) is 6.99. The van der Waals surface area contributed by atoms with Gasteiger partial charge in [-0.15, -0.1) is 0 Å². The Morgan fingerprint density at radius 1 is 0.423 bits per heavy atom. The van der Waals surface area contributed by atoms with Gasteiger partial charge in [-0.25, -0.2) is 4.98 Å². The SMILES string of the molecule is Cn1nc2cccc(N(c3ccc(-c4ccccc4)c4nn(C)nc34)c3ccc(-c4ccc(-c5nc6ccccc6o5)cc4)c4nn(C)nc34)c2n1. The van der Waals surface area contributed by atoms with Crippen molar-refractivity contribution < 1.29 is 4.42 Å². The molecule has 0 aliphatic carbocycles. The molecular formula is C40H29N11O. The molecule has 52 heavy (non-hydrogen) atoms. The van der Waals surface area contributed by atoms with Crippen molar-refractivity contribution in [1.29, 1.82) is 0 Å². The maximum atomic E-state index is 6.03. The third-order valence-corrected chi connectivity index (χ3v) is 9.27. The molecule has 0 atom stereocenters. The lowest BCUT2D eigenvalue weighted by Crippen LogP contribution is -2.12. The second-order valence-corrected chi connectivity index (χ2v) is 12.6. The quantitative estimate of drug-likeness (QED) is 0.171. The van der Waals surface area contributed by atoms with E-state index in [4.69, 9.17) is 29.9 Å². The molecule has 12 nitrogen and oxygen atoms in total. The summed E-state index contributed by atoms with van der Waals surface area (Å²) in [5.41, 5.74) is 13.4. The first-order valence-corrected chi connectivity index (χ1v) is 16.8. The highest BCUT2D eigenvalue weighted by Crippen LogP contribution is 2.45. The first kappa shape index (κ1) is 29.7.